The fraction of sp³-hybridized carbons (Fsp3) is 0.273. The molecule has 5 heteroatoms. The highest BCUT2D eigenvalue weighted by atomic mass is 16.5. The van der Waals surface area contributed by atoms with E-state index in [1.54, 1.807) is 0 Å². The van der Waals surface area contributed by atoms with Gasteiger partial charge in [-0.25, -0.2) is 9.50 Å². The Morgan fingerprint density at radius 3 is 3.12 bits per heavy atom. The third-order valence-electron chi connectivity index (χ3n) is 2.77. The summed E-state index contributed by atoms with van der Waals surface area (Å²) in [4.78, 5) is 3.97. The normalized spacial score (nSPS) is 16.4. The van der Waals surface area contributed by atoms with Crippen LogP contribution >= 0.6 is 0 Å². The number of fused-ring (bicyclic) bond motifs is 1. The molecule has 2 N–H and O–H groups in total. The van der Waals surface area contributed by atoms with Gasteiger partial charge in [0, 0.05) is 0 Å². The zero-order valence-corrected chi connectivity index (χ0v) is 8.76. The Labute approximate surface area is 92.5 Å². The first-order valence-corrected chi connectivity index (χ1v) is 5.21. The molecule has 0 aromatic carbocycles. The number of nitrogens with two attached hydrogens (primary N) is 1. The summed E-state index contributed by atoms with van der Waals surface area (Å²) >= 11 is 0. The lowest BCUT2D eigenvalue weighted by molar-refractivity contribution is 0.161. The van der Waals surface area contributed by atoms with E-state index in [1.165, 1.54) is 11.9 Å². The van der Waals surface area contributed by atoms with Gasteiger partial charge in [-0.3, -0.25) is 0 Å². The van der Waals surface area contributed by atoms with E-state index in [4.69, 9.17) is 10.5 Å². The highest BCUT2D eigenvalue weighted by Gasteiger charge is 2.12. The maximum atomic E-state index is 5.78. The Morgan fingerprint density at radius 2 is 2.31 bits per heavy atom. The molecule has 0 atom stereocenters. The maximum absolute atomic E-state index is 5.78. The monoisotopic (exact) mass is 216 g/mol. The molecule has 0 radical (unpaired) electrons. The summed E-state index contributed by atoms with van der Waals surface area (Å²) in [5, 5.41) is 4.22. The lowest BCUT2D eigenvalue weighted by Gasteiger charge is -2.13. The Balaban J connectivity index is 2.17. The zero-order valence-electron chi connectivity index (χ0n) is 8.76. The van der Waals surface area contributed by atoms with Crippen molar-refractivity contribution in [1.29, 1.82) is 0 Å². The SMILES string of the molecule is Nc1ncnn2c(C3=CCOCC3)ccc12. The first-order chi connectivity index (χ1) is 7.86. The topological polar surface area (TPSA) is 65.4 Å². The van der Waals surface area contributed by atoms with Crippen molar-refractivity contribution in [2.24, 2.45) is 0 Å². The Bertz CT molecular complexity index is 558. The molecule has 1 aliphatic rings. The van der Waals surface area contributed by atoms with Gasteiger partial charge in [-0.1, -0.05) is 6.08 Å². The predicted molar refractivity (Wildman–Crippen MR) is 60.8 cm³/mol. The van der Waals surface area contributed by atoms with Gasteiger partial charge in [-0.15, -0.1) is 0 Å². The number of ether oxygens (including phenoxy) is 1. The quantitative estimate of drug-likeness (QED) is 0.775. The van der Waals surface area contributed by atoms with Gasteiger partial charge in [-0.05, 0) is 24.1 Å². The molecule has 0 saturated heterocycles. The summed E-state index contributed by atoms with van der Waals surface area (Å²) in [6.45, 7) is 1.43. The molecule has 82 valence electrons. The van der Waals surface area contributed by atoms with Gasteiger partial charge in [0.25, 0.3) is 0 Å². The van der Waals surface area contributed by atoms with Crippen molar-refractivity contribution in [3.05, 3.63) is 30.2 Å². The highest BCUT2D eigenvalue weighted by Crippen LogP contribution is 2.24. The molecule has 5 nitrogen and oxygen atoms in total. The average Bonchev–Trinajstić information content (AvgIpc) is 2.75. The molecule has 0 fully saturated rings. The van der Waals surface area contributed by atoms with E-state index in [0.29, 0.717) is 12.4 Å². The number of anilines is 1. The molecular weight excluding hydrogens is 204 g/mol. The molecule has 1 aliphatic heterocycles. The van der Waals surface area contributed by atoms with Crippen molar-refractivity contribution < 1.29 is 4.74 Å². The van der Waals surface area contributed by atoms with Crippen molar-refractivity contribution in [2.45, 2.75) is 6.42 Å². The molecule has 0 bridgehead atoms. The standard InChI is InChI=1S/C11H12N4O/c12-11-10-2-1-9(15(10)14-7-13-11)8-3-5-16-6-4-8/h1-3,7H,4-6H2,(H2,12,13,14). The maximum Gasteiger partial charge on any atom is 0.151 e. The van der Waals surface area contributed by atoms with E-state index in [-0.39, 0.29) is 0 Å². The minimum absolute atomic E-state index is 0.508. The van der Waals surface area contributed by atoms with Crippen LogP contribution in [0.3, 0.4) is 0 Å². The van der Waals surface area contributed by atoms with Crippen LogP contribution in [0.25, 0.3) is 11.1 Å². The summed E-state index contributed by atoms with van der Waals surface area (Å²) < 4.78 is 7.12. The molecule has 2 aromatic heterocycles. The molecule has 0 spiro atoms. The highest BCUT2D eigenvalue weighted by molar-refractivity contribution is 5.73. The first-order valence-electron chi connectivity index (χ1n) is 5.21. The van der Waals surface area contributed by atoms with Gasteiger partial charge in [0.15, 0.2) is 5.82 Å². The van der Waals surface area contributed by atoms with Crippen molar-refractivity contribution >= 4 is 16.9 Å². The lowest BCUT2D eigenvalue weighted by atomic mass is 10.1. The third-order valence-corrected chi connectivity index (χ3v) is 2.77. The van der Waals surface area contributed by atoms with Crippen LogP contribution in [-0.4, -0.2) is 27.8 Å². The number of hydrogen-bond acceptors (Lipinski definition) is 4. The smallest absolute Gasteiger partial charge is 0.151 e. The van der Waals surface area contributed by atoms with Crippen molar-refractivity contribution in [2.75, 3.05) is 18.9 Å². The molecule has 16 heavy (non-hydrogen) atoms. The predicted octanol–water partition coefficient (Wildman–Crippen LogP) is 1.12. The zero-order chi connectivity index (χ0) is 11.0. The second-order valence-electron chi connectivity index (χ2n) is 3.72. The van der Waals surface area contributed by atoms with Crippen LogP contribution < -0.4 is 5.73 Å². The molecule has 3 heterocycles. The first kappa shape index (κ1) is 9.35. The molecule has 3 rings (SSSR count). The fourth-order valence-electron chi connectivity index (χ4n) is 1.96. The number of aromatic nitrogens is 3. The van der Waals surface area contributed by atoms with E-state index >= 15 is 0 Å². The van der Waals surface area contributed by atoms with E-state index in [2.05, 4.69) is 16.2 Å². The van der Waals surface area contributed by atoms with Gasteiger partial charge in [0.05, 0.1) is 18.9 Å². The van der Waals surface area contributed by atoms with Crippen LogP contribution in [0.15, 0.2) is 24.5 Å². The van der Waals surface area contributed by atoms with Gasteiger partial charge in [0.1, 0.15) is 11.8 Å². The molecule has 0 aliphatic carbocycles. The Morgan fingerprint density at radius 1 is 1.38 bits per heavy atom. The summed E-state index contributed by atoms with van der Waals surface area (Å²) in [7, 11) is 0. The lowest BCUT2D eigenvalue weighted by Crippen LogP contribution is -2.07. The van der Waals surface area contributed by atoms with Crippen LogP contribution in [0, 0.1) is 0 Å². The van der Waals surface area contributed by atoms with Gasteiger partial charge >= 0.3 is 0 Å². The van der Waals surface area contributed by atoms with Crippen molar-refractivity contribution in [1.82, 2.24) is 14.6 Å². The molecule has 0 saturated carbocycles. The average molecular weight is 216 g/mol. The van der Waals surface area contributed by atoms with E-state index in [1.807, 2.05) is 16.6 Å². The Hall–Kier alpha value is -1.88. The summed E-state index contributed by atoms with van der Waals surface area (Å²) in [5.41, 5.74) is 8.97. The minimum atomic E-state index is 0.508. The summed E-state index contributed by atoms with van der Waals surface area (Å²) in [6.07, 6.45) is 4.48. The summed E-state index contributed by atoms with van der Waals surface area (Å²) in [6, 6.07) is 3.97. The summed E-state index contributed by atoms with van der Waals surface area (Å²) in [5.74, 6) is 0.508. The minimum Gasteiger partial charge on any atom is -0.382 e. The van der Waals surface area contributed by atoms with E-state index in [0.717, 1.165) is 24.2 Å². The van der Waals surface area contributed by atoms with Crippen LogP contribution in [-0.2, 0) is 4.74 Å². The number of nitrogen functional groups attached to an aromatic ring is 1. The van der Waals surface area contributed by atoms with Crippen molar-refractivity contribution in [3.63, 3.8) is 0 Å². The van der Waals surface area contributed by atoms with Gasteiger partial charge < -0.3 is 10.5 Å². The van der Waals surface area contributed by atoms with Crippen LogP contribution in [0.4, 0.5) is 5.82 Å². The number of nitrogens with zero attached hydrogens (tertiary/aromatic N) is 3. The van der Waals surface area contributed by atoms with E-state index < -0.39 is 0 Å². The second kappa shape index (κ2) is 3.61. The van der Waals surface area contributed by atoms with Gasteiger partial charge in [-0.2, -0.15) is 5.10 Å². The van der Waals surface area contributed by atoms with E-state index in [9.17, 15) is 0 Å². The fourth-order valence-corrected chi connectivity index (χ4v) is 1.96. The van der Waals surface area contributed by atoms with Crippen LogP contribution in [0.1, 0.15) is 12.1 Å². The van der Waals surface area contributed by atoms with Crippen molar-refractivity contribution in [3.8, 4) is 0 Å². The third kappa shape index (κ3) is 1.37. The van der Waals surface area contributed by atoms with Gasteiger partial charge in [0.2, 0.25) is 0 Å². The molecule has 0 amide bonds. The number of hydrogen-bond donors (Lipinski definition) is 1. The molecule has 0 unspecified atom stereocenters. The second-order valence-corrected chi connectivity index (χ2v) is 3.72. The molecule has 2 aromatic rings. The number of rotatable bonds is 1. The van der Waals surface area contributed by atoms with Crippen LogP contribution in [0.5, 0.6) is 0 Å². The largest absolute Gasteiger partial charge is 0.382 e. The molecular formula is C11H12N4O. The Kier molecular flexibility index (Phi) is 2.11. The van der Waals surface area contributed by atoms with Crippen LogP contribution in [0.2, 0.25) is 0 Å².